The predicted molar refractivity (Wildman–Crippen MR) is 70.6 cm³/mol. The number of fused-ring (bicyclic) bond motifs is 2. The second-order valence-electron chi connectivity index (χ2n) is 5.32. The Kier molecular flexibility index (Phi) is 2.73. The van der Waals surface area contributed by atoms with E-state index >= 15 is 0 Å². The van der Waals surface area contributed by atoms with Crippen LogP contribution < -0.4 is 0 Å². The van der Waals surface area contributed by atoms with E-state index in [1.807, 2.05) is 25.1 Å². The molecular formula is C16H18O2. The van der Waals surface area contributed by atoms with E-state index in [-0.39, 0.29) is 11.4 Å². The van der Waals surface area contributed by atoms with E-state index in [0.29, 0.717) is 12.2 Å². The van der Waals surface area contributed by atoms with Crippen molar-refractivity contribution in [2.45, 2.75) is 31.6 Å². The fourth-order valence-corrected chi connectivity index (χ4v) is 3.28. The van der Waals surface area contributed by atoms with Crippen LogP contribution in [0.4, 0.5) is 0 Å². The highest BCUT2D eigenvalue weighted by molar-refractivity contribution is 5.89. The third-order valence-corrected chi connectivity index (χ3v) is 4.22. The molecule has 94 valence electrons. The van der Waals surface area contributed by atoms with Gasteiger partial charge in [0.15, 0.2) is 0 Å². The monoisotopic (exact) mass is 242 g/mol. The molecule has 2 nitrogen and oxygen atoms in total. The van der Waals surface area contributed by atoms with Crippen molar-refractivity contribution in [3.8, 4) is 0 Å². The summed E-state index contributed by atoms with van der Waals surface area (Å²) in [7, 11) is 0. The summed E-state index contributed by atoms with van der Waals surface area (Å²) in [4.78, 5) is 11.8. The lowest BCUT2D eigenvalue weighted by molar-refractivity contribution is 0.0526. The first-order chi connectivity index (χ1) is 8.73. The lowest BCUT2D eigenvalue weighted by Crippen LogP contribution is -2.18. The molecule has 0 aliphatic heterocycles. The molecule has 3 rings (SSSR count). The van der Waals surface area contributed by atoms with Crippen LogP contribution in [0.5, 0.6) is 0 Å². The van der Waals surface area contributed by atoms with Crippen molar-refractivity contribution in [1.82, 2.24) is 0 Å². The number of carbonyl (C=O) groups excluding carboxylic acids is 1. The Bertz CT molecular complexity index is 504. The van der Waals surface area contributed by atoms with Gasteiger partial charge in [0.25, 0.3) is 0 Å². The molecule has 1 aromatic carbocycles. The van der Waals surface area contributed by atoms with Crippen molar-refractivity contribution >= 4 is 5.97 Å². The molecule has 0 N–H and O–H groups in total. The number of rotatable bonds is 3. The second kappa shape index (κ2) is 4.27. The summed E-state index contributed by atoms with van der Waals surface area (Å²) in [5.74, 6) is 0.531. The number of benzene rings is 1. The molecule has 2 unspecified atom stereocenters. The van der Waals surface area contributed by atoms with E-state index in [0.717, 1.165) is 5.92 Å². The Balaban J connectivity index is 1.92. The second-order valence-corrected chi connectivity index (χ2v) is 5.32. The minimum atomic E-state index is -0.215. The van der Waals surface area contributed by atoms with Crippen LogP contribution in [0.1, 0.15) is 42.1 Å². The van der Waals surface area contributed by atoms with Crippen LogP contribution in [0.25, 0.3) is 0 Å². The van der Waals surface area contributed by atoms with E-state index < -0.39 is 0 Å². The van der Waals surface area contributed by atoms with Gasteiger partial charge >= 0.3 is 5.97 Å². The van der Waals surface area contributed by atoms with Crippen molar-refractivity contribution in [2.75, 3.05) is 6.61 Å². The molecule has 0 spiro atoms. The largest absolute Gasteiger partial charge is 0.462 e. The summed E-state index contributed by atoms with van der Waals surface area (Å²) in [5.41, 5.74) is 2.13. The highest BCUT2D eigenvalue weighted by Gasteiger charge is 2.41. The third-order valence-electron chi connectivity index (χ3n) is 4.22. The summed E-state index contributed by atoms with van der Waals surface area (Å²) in [6.45, 7) is 2.26. The van der Waals surface area contributed by atoms with Crippen molar-refractivity contribution in [3.05, 3.63) is 47.5 Å². The molecule has 2 heteroatoms. The molecule has 2 aliphatic carbocycles. The van der Waals surface area contributed by atoms with E-state index in [4.69, 9.17) is 4.74 Å². The molecule has 2 atom stereocenters. The Hall–Kier alpha value is -1.57. The number of hydrogen-bond donors (Lipinski definition) is 0. The van der Waals surface area contributed by atoms with Gasteiger partial charge in [-0.1, -0.05) is 24.3 Å². The fourth-order valence-electron chi connectivity index (χ4n) is 3.28. The van der Waals surface area contributed by atoms with Crippen LogP contribution >= 0.6 is 0 Å². The van der Waals surface area contributed by atoms with Gasteiger partial charge in [-0.15, -0.1) is 0 Å². The maximum atomic E-state index is 11.8. The zero-order valence-electron chi connectivity index (χ0n) is 10.7. The van der Waals surface area contributed by atoms with Gasteiger partial charge in [-0.3, -0.25) is 0 Å². The van der Waals surface area contributed by atoms with E-state index in [1.165, 1.54) is 24.8 Å². The topological polar surface area (TPSA) is 26.3 Å². The SMILES string of the molecule is CCOC(=O)c1cccc(C23C=CC(CC2)C3)c1. The molecule has 0 aromatic heterocycles. The van der Waals surface area contributed by atoms with Gasteiger partial charge in [0, 0.05) is 5.41 Å². The first kappa shape index (κ1) is 11.5. The number of allylic oxidation sites excluding steroid dienone is 2. The summed E-state index contributed by atoms with van der Waals surface area (Å²) >= 11 is 0. The lowest BCUT2D eigenvalue weighted by atomic mass is 9.80. The predicted octanol–water partition coefficient (Wildman–Crippen LogP) is 3.47. The third kappa shape index (κ3) is 1.76. The lowest BCUT2D eigenvalue weighted by Gasteiger charge is -2.24. The highest BCUT2D eigenvalue weighted by atomic mass is 16.5. The summed E-state index contributed by atoms with van der Waals surface area (Å²) in [6.07, 6.45) is 8.37. The average molecular weight is 242 g/mol. The molecule has 2 aliphatic rings. The van der Waals surface area contributed by atoms with Gasteiger partial charge in [0.2, 0.25) is 0 Å². The fraction of sp³-hybridized carbons (Fsp3) is 0.438. The molecule has 18 heavy (non-hydrogen) atoms. The Morgan fingerprint density at radius 2 is 2.39 bits per heavy atom. The molecule has 1 fully saturated rings. The van der Waals surface area contributed by atoms with Crippen molar-refractivity contribution in [3.63, 3.8) is 0 Å². The molecule has 1 aromatic rings. The average Bonchev–Trinajstić information content (AvgIpc) is 3.01. The smallest absolute Gasteiger partial charge is 0.338 e. The molecular weight excluding hydrogens is 224 g/mol. The minimum absolute atomic E-state index is 0.188. The van der Waals surface area contributed by atoms with Crippen LogP contribution in [0.2, 0.25) is 0 Å². The van der Waals surface area contributed by atoms with Gasteiger partial charge in [-0.05, 0) is 49.8 Å². The zero-order valence-corrected chi connectivity index (χ0v) is 10.7. The number of hydrogen-bond acceptors (Lipinski definition) is 2. The molecule has 0 heterocycles. The number of ether oxygens (including phenoxy) is 1. The molecule has 0 radical (unpaired) electrons. The Morgan fingerprint density at radius 3 is 3.00 bits per heavy atom. The van der Waals surface area contributed by atoms with Gasteiger partial charge in [0.1, 0.15) is 0 Å². The van der Waals surface area contributed by atoms with Crippen LogP contribution in [0.15, 0.2) is 36.4 Å². The molecule has 0 amide bonds. The zero-order chi connectivity index (χ0) is 12.6. The van der Waals surface area contributed by atoms with Crippen molar-refractivity contribution < 1.29 is 9.53 Å². The number of carbonyl (C=O) groups is 1. The maximum absolute atomic E-state index is 11.8. The molecule has 1 saturated carbocycles. The standard InChI is InChI=1S/C16H18O2/c1-2-18-15(17)13-4-3-5-14(10-13)16-8-6-12(11-16)7-9-16/h3-6,8,10,12H,2,7,9,11H2,1H3. The first-order valence-corrected chi connectivity index (χ1v) is 6.70. The normalized spacial score (nSPS) is 28.6. The van der Waals surface area contributed by atoms with Gasteiger partial charge in [-0.2, -0.15) is 0 Å². The van der Waals surface area contributed by atoms with E-state index in [2.05, 4.69) is 18.2 Å². The van der Waals surface area contributed by atoms with Crippen molar-refractivity contribution in [2.24, 2.45) is 5.92 Å². The van der Waals surface area contributed by atoms with Crippen LogP contribution in [-0.2, 0) is 10.2 Å². The van der Waals surface area contributed by atoms with Crippen LogP contribution in [0, 0.1) is 5.92 Å². The minimum Gasteiger partial charge on any atom is -0.462 e. The van der Waals surface area contributed by atoms with Gasteiger partial charge in [0.05, 0.1) is 12.2 Å². The Labute approximate surface area is 108 Å². The number of esters is 1. The van der Waals surface area contributed by atoms with E-state index in [9.17, 15) is 4.79 Å². The molecule has 2 bridgehead atoms. The summed E-state index contributed by atoms with van der Waals surface area (Å²) < 4.78 is 5.07. The summed E-state index contributed by atoms with van der Waals surface area (Å²) in [5, 5.41) is 0. The van der Waals surface area contributed by atoms with Crippen molar-refractivity contribution in [1.29, 1.82) is 0 Å². The van der Waals surface area contributed by atoms with Crippen LogP contribution in [-0.4, -0.2) is 12.6 Å². The first-order valence-electron chi connectivity index (χ1n) is 6.70. The highest BCUT2D eigenvalue weighted by Crippen LogP contribution is 2.50. The molecule has 0 saturated heterocycles. The maximum Gasteiger partial charge on any atom is 0.338 e. The summed E-state index contributed by atoms with van der Waals surface area (Å²) in [6, 6.07) is 7.95. The quantitative estimate of drug-likeness (QED) is 0.599. The van der Waals surface area contributed by atoms with Gasteiger partial charge < -0.3 is 4.74 Å². The Morgan fingerprint density at radius 1 is 1.50 bits per heavy atom. The van der Waals surface area contributed by atoms with Crippen LogP contribution in [0.3, 0.4) is 0 Å². The van der Waals surface area contributed by atoms with E-state index in [1.54, 1.807) is 0 Å². The van der Waals surface area contributed by atoms with Gasteiger partial charge in [-0.25, -0.2) is 4.79 Å².